The van der Waals surface area contributed by atoms with E-state index < -0.39 is 0 Å². The number of hydrogen-bond acceptors (Lipinski definition) is 8. The van der Waals surface area contributed by atoms with Gasteiger partial charge in [0.05, 0.1) is 29.0 Å². The molecule has 39 heavy (non-hydrogen) atoms. The molecule has 5 aromatic rings. The molecule has 1 aromatic carbocycles. The van der Waals surface area contributed by atoms with Gasteiger partial charge in [0.2, 0.25) is 5.91 Å². The van der Waals surface area contributed by atoms with Crippen molar-refractivity contribution in [3.8, 4) is 5.75 Å². The van der Waals surface area contributed by atoms with Crippen LogP contribution in [0.15, 0.2) is 79.8 Å². The van der Waals surface area contributed by atoms with Crippen molar-refractivity contribution in [1.29, 1.82) is 0 Å². The van der Waals surface area contributed by atoms with Crippen molar-refractivity contribution < 1.29 is 9.53 Å². The van der Waals surface area contributed by atoms with Gasteiger partial charge in [0.15, 0.2) is 0 Å². The number of carbonyl (C=O) groups is 1. The number of hydrogen-bond donors (Lipinski definition) is 1. The largest absolute Gasteiger partial charge is 0.486 e. The Bertz CT molecular complexity index is 1640. The Morgan fingerprint density at radius 2 is 2.13 bits per heavy atom. The first-order valence-corrected chi connectivity index (χ1v) is 13.6. The first kappa shape index (κ1) is 25.0. The topological polar surface area (TPSA) is 98.1 Å². The van der Waals surface area contributed by atoms with Crippen LogP contribution in [0, 0.1) is 0 Å². The maximum absolute atomic E-state index is 12.8. The third kappa shape index (κ3) is 5.62. The fraction of sp³-hybridized carbons (Fsp3) is 0.179. The molecule has 0 saturated heterocycles. The monoisotopic (exact) mass is 557 g/mol. The number of amides is 1. The first-order valence-electron chi connectivity index (χ1n) is 12.4. The number of thiophene rings is 1. The van der Waals surface area contributed by atoms with Gasteiger partial charge in [0.25, 0.3) is 0 Å². The molecule has 196 valence electrons. The van der Waals surface area contributed by atoms with Gasteiger partial charge in [-0.25, -0.2) is 15.0 Å². The number of carbonyl (C=O) groups excluding carboxylic acids is 1. The van der Waals surface area contributed by atoms with Crippen LogP contribution in [0.5, 0.6) is 5.75 Å². The van der Waals surface area contributed by atoms with E-state index in [4.69, 9.17) is 16.3 Å². The molecule has 0 atom stereocenters. The number of rotatable bonds is 8. The van der Waals surface area contributed by atoms with E-state index in [0.29, 0.717) is 37.0 Å². The average molecular weight is 558 g/mol. The number of nitrogens with one attached hydrogen (secondary N) is 1. The Morgan fingerprint density at radius 1 is 1.18 bits per heavy atom. The highest BCUT2D eigenvalue weighted by Gasteiger charge is 2.25. The zero-order valence-corrected chi connectivity index (χ0v) is 22.4. The van der Waals surface area contributed by atoms with Gasteiger partial charge in [0.1, 0.15) is 29.3 Å². The Hall–Kier alpha value is -4.28. The van der Waals surface area contributed by atoms with Gasteiger partial charge in [-0.05, 0) is 42.3 Å². The van der Waals surface area contributed by atoms with E-state index in [1.54, 1.807) is 42.5 Å². The number of allylic oxidation sites excluding steroid dienone is 1. The lowest BCUT2D eigenvalue weighted by Gasteiger charge is -2.26. The van der Waals surface area contributed by atoms with Crippen LogP contribution in [0.1, 0.15) is 16.1 Å². The summed E-state index contributed by atoms with van der Waals surface area (Å²) >= 11 is 8.13. The highest BCUT2D eigenvalue weighted by atomic mass is 35.5. The van der Waals surface area contributed by atoms with Crippen molar-refractivity contribution in [2.45, 2.75) is 26.1 Å². The summed E-state index contributed by atoms with van der Waals surface area (Å²) in [6.45, 7) is 2.13. The molecular formula is C28H24ClN7O2S. The fourth-order valence-electron chi connectivity index (χ4n) is 4.45. The minimum atomic E-state index is 0.00245. The zero-order valence-electron chi connectivity index (χ0n) is 20.8. The molecule has 0 unspecified atom stereocenters. The summed E-state index contributed by atoms with van der Waals surface area (Å²) in [4.78, 5) is 34.0. The number of imidazole rings is 1. The fourth-order valence-corrected chi connectivity index (χ4v) is 5.89. The van der Waals surface area contributed by atoms with Gasteiger partial charge >= 0.3 is 0 Å². The molecule has 0 aliphatic carbocycles. The van der Waals surface area contributed by atoms with Crippen LogP contribution in [0.3, 0.4) is 0 Å². The molecular weight excluding hydrogens is 534 g/mol. The SMILES string of the molecule is O=C(C=CCn1ccnc1)N1CCc2c(sc3ncnc(Nc4ccc(OCc5ccccn5)c(Cl)c4)c23)C1. The molecule has 4 aromatic heterocycles. The molecule has 0 radical (unpaired) electrons. The quantitative estimate of drug-likeness (QED) is 0.255. The Labute approximate surface area is 233 Å². The molecule has 1 aliphatic rings. The van der Waals surface area contributed by atoms with Crippen LogP contribution >= 0.6 is 22.9 Å². The lowest BCUT2D eigenvalue weighted by atomic mass is 10.0. The second-order valence-corrected chi connectivity index (χ2v) is 10.4. The highest BCUT2D eigenvalue weighted by Crippen LogP contribution is 2.38. The number of pyridine rings is 1. The molecule has 0 bridgehead atoms. The number of fused-ring (bicyclic) bond motifs is 3. The van der Waals surface area contributed by atoms with E-state index in [2.05, 4.69) is 25.3 Å². The van der Waals surface area contributed by atoms with Crippen molar-refractivity contribution in [3.63, 3.8) is 0 Å². The summed E-state index contributed by atoms with van der Waals surface area (Å²) in [6, 6.07) is 11.2. The normalized spacial score (nSPS) is 13.1. The summed E-state index contributed by atoms with van der Waals surface area (Å²) in [5, 5.41) is 4.89. The molecule has 6 rings (SSSR count). The number of aromatic nitrogens is 5. The van der Waals surface area contributed by atoms with Crippen molar-refractivity contribution in [2.75, 3.05) is 11.9 Å². The molecule has 1 N–H and O–H groups in total. The third-order valence-corrected chi connectivity index (χ3v) is 7.80. The van der Waals surface area contributed by atoms with Gasteiger partial charge < -0.3 is 19.5 Å². The molecule has 9 nitrogen and oxygen atoms in total. The Balaban J connectivity index is 1.16. The summed E-state index contributed by atoms with van der Waals surface area (Å²) in [5.41, 5.74) is 2.80. The van der Waals surface area contributed by atoms with E-state index in [1.165, 1.54) is 5.56 Å². The van der Waals surface area contributed by atoms with Crippen molar-refractivity contribution in [3.05, 3.63) is 101 Å². The summed E-state index contributed by atoms with van der Waals surface area (Å²) in [5.74, 6) is 1.30. The minimum Gasteiger partial charge on any atom is -0.486 e. The Kier molecular flexibility index (Phi) is 7.20. The van der Waals surface area contributed by atoms with Crippen LogP contribution < -0.4 is 10.1 Å². The molecule has 5 heterocycles. The Morgan fingerprint density at radius 3 is 2.95 bits per heavy atom. The predicted molar refractivity (Wildman–Crippen MR) is 151 cm³/mol. The first-order chi connectivity index (χ1) is 19.1. The van der Waals surface area contributed by atoms with Gasteiger partial charge in [-0.15, -0.1) is 11.3 Å². The summed E-state index contributed by atoms with van der Waals surface area (Å²) < 4.78 is 7.76. The maximum atomic E-state index is 12.8. The van der Waals surface area contributed by atoms with Gasteiger partial charge in [-0.1, -0.05) is 23.7 Å². The van der Waals surface area contributed by atoms with Gasteiger partial charge in [-0.3, -0.25) is 9.78 Å². The van der Waals surface area contributed by atoms with Crippen LogP contribution in [-0.2, 0) is 30.9 Å². The van der Waals surface area contributed by atoms with Gasteiger partial charge in [-0.2, -0.15) is 0 Å². The molecule has 11 heteroatoms. The van der Waals surface area contributed by atoms with E-state index in [-0.39, 0.29) is 5.91 Å². The lowest BCUT2D eigenvalue weighted by molar-refractivity contribution is -0.126. The van der Waals surface area contributed by atoms with E-state index in [0.717, 1.165) is 38.7 Å². The molecule has 0 fully saturated rings. The number of anilines is 2. The predicted octanol–water partition coefficient (Wildman–Crippen LogP) is 5.40. The summed E-state index contributed by atoms with van der Waals surface area (Å²) in [7, 11) is 0. The highest BCUT2D eigenvalue weighted by molar-refractivity contribution is 7.19. The maximum Gasteiger partial charge on any atom is 0.246 e. The minimum absolute atomic E-state index is 0.00245. The number of halogens is 1. The number of ether oxygens (including phenoxy) is 1. The standard InChI is InChI=1S/C28H24ClN7O2S/c29-22-14-19(6-7-23(22)38-16-20-4-1-2-9-31-20)34-27-26-21-8-12-36(15-24(21)39-28(26)33-17-32-27)25(37)5-3-11-35-13-10-30-18-35/h1-7,9-10,13-14,17-18H,8,11-12,15-16H2,(H,32,33,34). The molecule has 1 aliphatic heterocycles. The van der Waals surface area contributed by atoms with Crippen LogP contribution in [0.2, 0.25) is 5.02 Å². The van der Waals surface area contributed by atoms with Crippen molar-refractivity contribution >= 4 is 50.6 Å². The van der Waals surface area contributed by atoms with Crippen LogP contribution in [0.25, 0.3) is 10.2 Å². The number of nitrogens with zero attached hydrogens (tertiary/aromatic N) is 6. The summed E-state index contributed by atoms with van der Waals surface area (Å²) in [6.07, 6.45) is 12.8. The third-order valence-electron chi connectivity index (χ3n) is 6.38. The van der Waals surface area contributed by atoms with Crippen LogP contribution in [0.4, 0.5) is 11.5 Å². The molecule has 1 amide bonds. The van der Waals surface area contributed by atoms with Crippen LogP contribution in [-0.4, -0.2) is 41.9 Å². The van der Waals surface area contributed by atoms with E-state index in [9.17, 15) is 4.79 Å². The van der Waals surface area contributed by atoms with E-state index in [1.807, 2.05) is 58.1 Å². The lowest BCUT2D eigenvalue weighted by Crippen LogP contribution is -2.34. The van der Waals surface area contributed by atoms with E-state index >= 15 is 0 Å². The molecule has 0 spiro atoms. The van der Waals surface area contributed by atoms with Gasteiger partial charge in [0, 0.05) is 48.3 Å². The van der Waals surface area contributed by atoms with Crippen molar-refractivity contribution in [2.24, 2.45) is 0 Å². The smallest absolute Gasteiger partial charge is 0.246 e. The number of benzene rings is 1. The zero-order chi connectivity index (χ0) is 26.6. The van der Waals surface area contributed by atoms with Crippen molar-refractivity contribution in [1.82, 2.24) is 29.4 Å². The average Bonchev–Trinajstić information content (AvgIpc) is 3.61. The molecule has 0 saturated carbocycles. The second-order valence-electron chi connectivity index (χ2n) is 8.96. The second kappa shape index (κ2) is 11.2.